The molecule has 0 amide bonds. The van der Waals surface area contributed by atoms with Crippen molar-refractivity contribution in [3.05, 3.63) is 0 Å². The average Bonchev–Trinajstić information content (AvgIpc) is 1.36. The van der Waals surface area contributed by atoms with Gasteiger partial charge in [-0.25, -0.2) is 0 Å². The van der Waals surface area contributed by atoms with Gasteiger partial charge in [0, 0.05) is 16.8 Å². The van der Waals surface area contributed by atoms with Crippen LogP contribution >= 0.6 is 0 Å². The van der Waals surface area contributed by atoms with Gasteiger partial charge in [-0.1, -0.05) is 0 Å². The van der Waals surface area contributed by atoms with E-state index in [-0.39, 0.29) is 22.9 Å². The molecule has 0 aromatic rings. The third kappa shape index (κ3) is 9.05. The number of carbonyl (C=O) groups excluding carboxylic acids is 2. The second-order valence-electron chi connectivity index (χ2n) is 0.575. The molecule has 0 fully saturated rings. The number of carboxylic acids is 2. The van der Waals surface area contributed by atoms with Crippen molar-refractivity contribution >= 4 is 11.9 Å². The molecule has 0 bridgehead atoms. The Morgan fingerprint density at radius 2 is 1.12 bits per heavy atom. The van der Waals surface area contributed by atoms with E-state index in [1.807, 2.05) is 0 Å². The number of carboxylic acid groups (broad SMARTS) is 2. The van der Waals surface area contributed by atoms with Crippen LogP contribution < -0.4 is 16.4 Å². The molecule has 0 aromatic carbocycles. The molecule has 5 nitrogen and oxygen atoms in total. The van der Waals surface area contributed by atoms with Gasteiger partial charge in [-0.2, -0.15) is 0 Å². The first kappa shape index (κ1) is 15.7. The van der Waals surface area contributed by atoms with Gasteiger partial charge in [0.15, 0.2) is 0 Å². The second kappa shape index (κ2) is 6.41. The van der Waals surface area contributed by atoms with Crippen molar-refractivity contribution in [2.24, 2.45) is 0 Å². The van der Waals surface area contributed by atoms with Gasteiger partial charge in [0.1, 0.15) is 0 Å². The summed E-state index contributed by atoms with van der Waals surface area (Å²) in [6, 6.07) is 0. The van der Waals surface area contributed by atoms with E-state index in [0.29, 0.717) is 0 Å². The fraction of sp³-hybridized carbons (Fsp3) is 0. The minimum Gasteiger partial charge on any atom is -0.543 e. The molecular formula is C2H4CoNO4-. The van der Waals surface area contributed by atoms with E-state index in [1.165, 1.54) is 0 Å². The fourth-order valence-electron chi connectivity index (χ4n) is 0. The van der Waals surface area contributed by atoms with Crippen LogP contribution in [-0.4, -0.2) is 11.9 Å². The molecule has 51 valence electrons. The second-order valence-corrected chi connectivity index (χ2v) is 0.575. The molecular weight excluding hydrogens is 161 g/mol. The van der Waals surface area contributed by atoms with Crippen molar-refractivity contribution in [2.75, 3.05) is 0 Å². The monoisotopic (exact) mass is 165 g/mol. The van der Waals surface area contributed by atoms with Gasteiger partial charge in [0.2, 0.25) is 0 Å². The Hall–Kier alpha value is -0.594. The van der Waals surface area contributed by atoms with Crippen LogP contribution in [0.1, 0.15) is 0 Å². The summed E-state index contributed by atoms with van der Waals surface area (Å²) in [5.41, 5.74) is 0. The number of hydrogen-bond donors (Lipinski definition) is 1. The van der Waals surface area contributed by atoms with Crippen LogP contribution in [0.5, 0.6) is 0 Å². The van der Waals surface area contributed by atoms with Gasteiger partial charge < -0.3 is 26.0 Å². The van der Waals surface area contributed by atoms with Gasteiger partial charge in [-0.05, 0) is 0 Å². The smallest absolute Gasteiger partial charge is 0.0870 e. The third-order valence-corrected chi connectivity index (χ3v) is 0.167. The van der Waals surface area contributed by atoms with Crippen LogP contribution in [0.15, 0.2) is 0 Å². The number of aliphatic carboxylic acids is 2. The Bertz CT molecular complexity index is 80.0. The molecule has 0 aromatic heterocycles. The van der Waals surface area contributed by atoms with E-state index >= 15 is 0 Å². The van der Waals surface area contributed by atoms with Crippen molar-refractivity contribution < 1.29 is 36.6 Å². The van der Waals surface area contributed by atoms with Gasteiger partial charge in [-0.3, -0.25) is 0 Å². The summed E-state index contributed by atoms with van der Waals surface area (Å²) >= 11 is 0. The minimum absolute atomic E-state index is 0. The van der Waals surface area contributed by atoms with Crippen LogP contribution in [-0.2, 0) is 26.4 Å². The summed E-state index contributed by atoms with van der Waals surface area (Å²) in [6.07, 6.45) is 0. The number of carbonyl (C=O) groups is 2. The molecule has 6 heteroatoms. The molecule has 0 aliphatic carbocycles. The summed E-state index contributed by atoms with van der Waals surface area (Å²) in [7, 11) is 0. The predicted octanol–water partition coefficient (Wildman–Crippen LogP) is -3.14. The molecule has 0 spiro atoms. The Balaban J connectivity index is -0.000000125. The molecule has 0 aliphatic rings. The normalized spacial score (nSPS) is 5.50. The van der Waals surface area contributed by atoms with Gasteiger partial charge in [-0.15, -0.1) is 0 Å². The zero-order valence-corrected chi connectivity index (χ0v) is 5.01. The number of hydrogen-bond acceptors (Lipinski definition) is 4. The van der Waals surface area contributed by atoms with Crippen molar-refractivity contribution in [2.45, 2.75) is 0 Å². The third-order valence-electron chi connectivity index (χ3n) is 0.167. The predicted molar refractivity (Wildman–Crippen MR) is 16.0 cm³/mol. The van der Waals surface area contributed by atoms with Crippen LogP contribution in [0.3, 0.4) is 0 Å². The van der Waals surface area contributed by atoms with Crippen LogP contribution in [0.4, 0.5) is 0 Å². The maximum absolute atomic E-state index is 8.93. The minimum atomic E-state index is -2.19. The maximum atomic E-state index is 8.93. The molecule has 1 radical (unpaired) electrons. The summed E-state index contributed by atoms with van der Waals surface area (Å²) in [5, 5.41) is 17.9. The molecule has 0 atom stereocenters. The quantitative estimate of drug-likeness (QED) is 0.381. The molecule has 8 heavy (non-hydrogen) atoms. The van der Waals surface area contributed by atoms with E-state index in [1.54, 1.807) is 0 Å². The Labute approximate surface area is 55.5 Å². The average molecular weight is 165 g/mol. The van der Waals surface area contributed by atoms with Crippen molar-refractivity contribution in [1.29, 1.82) is 0 Å². The summed E-state index contributed by atoms with van der Waals surface area (Å²) in [5.74, 6) is -4.37. The SMILES string of the molecule is O=C([O-])C(=O)[O-].[Co].[NH4+]. The number of quaternary nitrogens is 1. The molecule has 0 rings (SSSR count). The topological polar surface area (TPSA) is 117 Å². The van der Waals surface area contributed by atoms with Crippen LogP contribution in [0.25, 0.3) is 0 Å². The van der Waals surface area contributed by atoms with Crippen molar-refractivity contribution in [3.8, 4) is 0 Å². The van der Waals surface area contributed by atoms with Crippen molar-refractivity contribution in [1.82, 2.24) is 6.15 Å². The zero-order valence-electron chi connectivity index (χ0n) is 3.97. The Morgan fingerprint density at radius 1 is 1.00 bits per heavy atom. The molecule has 0 unspecified atom stereocenters. The van der Waals surface area contributed by atoms with Crippen molar-refractivity contribution in [3.63, 3.8) is 0 Å². The van der Waals surface area contributed by atoms with Crippen LogP contribution in [0, 0.1) is 0 Å². The first-order valence-corrected chi connectivity index (χ1v) is 1.07. The number of rotatable bonds is 0. The fourth-order valence-corrected chi connectivity index (χ4v) is 0. The zero-order chi connectivity index (χ0) is 5.15. The first-order valence-electron chi connectivity index (χ1n) is 1.07. The van der Waals surface area contributed by atoms with Gasteiger partial charge in [0.05, 0.1) is 11.9 Å². The molecule has 0 saturated carbocycles. The van der Waals surface area contributed by atoms with E-state index in [4.69, 9.17) is 19.8 Å². The molecule has 0 saturated heterocycles. The summed E-state index contributed by atoms with van der Waals surface area (Å²) in [4.78, 5) is 17.9. The van der Waals surface area contributed by atoms with Gasteiger partial charge in [0.25, 0.3) is 0 Å². The van der Waals surface area contributed by atoms with Crippen LogP contribution in [0.2, 0.25) is 0 Å². The van der Waals surface area contributed by atoms with E-state index in [9.17, 15) is 0 Å². The maximum Gasteiger partial charge on any atom is 0.0870 e. The van der Waals surface area contributed by atoms with E-state index in [0.717, 1.165) is 0 Å². The first-order chi connectivity index (χ1) is 2.64. The Kier molecular flexibility index (Phi) is 12.5. The Morgan fingerprint density at radius 3 is 1.12 bits per heavy atom. The van der Waals surface area contributed by atoms with E-state index in [2.05, 4.69) is 0 Å². The standard InChI is InChI=1S/C2H2O4.Co.H3N/c3-1(4)2(5)6;;/h(H,3,4)(H,5,6);;1H3/p-1. The summed E-state index contributed by atoms with van der Waals surface area (Å²) in [6.45, 7) is 0. The molecule has 0 heterocycles. The van der Waals surface area contributed by atoms with Gasteiger partial charge >= 0.3 is 0 Å². The molecule has 4 N–H and O–H groups in total. The largest absolute Gasteiger partial charge is 0.543 e. The molecule has 0 aliphatic heterocycles. The summed E-state index contributed by atoms with van der Waals surface area (Å²) < 4.78 is 0. The van der Waals surface area contributed by atoms with E-state index < -0.39 is 11.9 Å².